The van der Waals surface area contributed by atoms with E-state index in [2.05, 4.69) is 15.6 Å². The minimum Gasteiger partial charge on any atom is -0.338 e. The van der Waals surface area contributed by atoms with E-state index in [-0.39, 0.29) is 23.6 Å². The molecule has 1 atom stereocenters. The minimum absolute atomic E-state index is 0.122. The molecule has 1 saturated heterocycles. The molecule has 0 spiro atoms. The molecule has 1 aliphatic rings. The van der Waals surface area contributed by atoms with Gasteiger partial charge in [0, 0.05) is 37.0 Å². The SMILES string of the molecule is CC(=O)Nc1cc(C(=O)N2CCCC(C(=O)Nc3cccc(C)n3)C2)ccc1C. The van der Waals surface area contributed by atoms with E-state index in [1.54, 1.807) is 23.1 Å². The number of likely N-dealkylation sites (tertiary alicyclic amines) is 1. The summed E-state index contributed by atoms with van der Waals surface area (Å²) in [5.41, 5.74) is 2.84. The number of benzene rings is 1. The molecule has 1 aromatic heterocycles. The molecule has 29 heavy (non-hydrogen) atoms. The lowest BCUT2D eigenvalue weighted by atomic mass is 9.96. The van der Waals surface area contributed by atoms with Gasteiger partial charge >= 0.3 is 0 Å². The fraction of sp³-hybridized carbons (Fsp3) is 0.364. The van der Waals surface area contributed by atoms with Crippen molar-refractivity contribution in [2.24, 2.45) is 5.92 Å². The van der Waals surface area contributed by atoms with Crippen LogP contribution in [-0.2, 0) is 9.59 Å². The van der Waals surface area contributed by atoms with Crippen molar-refractivity contribution in [1.29, 1.82) is 0 Å². The number of aryl methyl sites for hydroxylation is 2. The zero-order valence-electron chi connectivity index (χ0n) is 17.0. The molecule has 1 fully saturated rings. The first-order valence-corrected chi connectivity index (χ1v) is 9.75. The van der Waals surface area contributed by atoms with Gasteiger partial charge in [0.25, 0.3) is 5.91 Å². The minimum atomic E-state index is -0.282. The summed E-state index contributed by atoms with van der Waals surface area (Å²) < 4.78 is 0. The number of aromatic nitrogens is 1. The highest BCUT2D eigenvalue weighted by atomic mass is 16.2. The Morgan fingerprint density at radius 3 is 2.62 bits per heavy atom. The molecule has 1 unspecified atom stereocenters. The van der Waals surface area contributed by atoms with E-state index in [4.69, 9.17) is 0 Å². The van der Waals surface area contributed by atoms with Crippen molar-refractivity contribution in [3.63, 3.8) is 0 Å². The third-order valence-electron chi connectivity index (χ3n) is 5.01. The Morgan fingerprint density at radius 1 is 1.10 bits per heavy atom. The van der Waals surface area contributed by atoms with Gasteiger partial charge in [0.05, 0.1) is 5.92 Å². The monoisotopic (exact) mass is 394 g/mol. The summed E-state index contributed by atoms with van der Waals surface area (Å²) in [5, 5.41) is 5.60. The molecule has 0 radical (unpaired) electrons. The topological polar surface area (TPSA) is 91.4 Å². The van der Waals surface area contributed by atoms with Gasteiger partial charge in [0.1, 0.15) is 5.82 Å². The number of carbonyl (C=O) groups excluding carboxylic acids is 3. The van der Waals surface area contributed by atoms with Crippen LogP contribution in [0, 0.1) is 19.8 Å². The number of anilines is 2. The average Bonchev–Trinajstić information content (AvgIpc) is 2.69. The Labute approximate surface area is 170 Å². The standard InChI is InChI=1S/C22H26N4O3/c1-14-9-10-17(12-19(14)24-16(3)27)22(29)26-11-5-7-18(13-26)21(28)25-20-8-4-6-15(2)23-20/h4,6,8-10,12,18H,5,7,11,13H2,1-3H3,(H,24,27)(H,23,25,28). The van der Waals surface area contributed by atoms with E-state index in [0.717, 1.165) is 24.1 Å². The summed E-state index contributed by atoms with van der Waals surface area (Å²) in [6, 6.07) is 10.7. The van der Waals surface area contributed by atoms with Crippen LogP contribution in [0.25, 0.3) is 0 Å². The molecule has 0 bridgehead atoms. The Kier molecular flexibility index (Phi) is 6.26. The lowest BCUT2D eigenvalue weighted by Crippen LogP contribution is -2.43. The zero-order chi connectivity index (χ0) is 21.0. The predicted molar refractivity (Wildman–Crippen MR) is 112 cm³/mol. The van der Waals surface area contributed by atoms with Gasteiger partial charge in [-0.05, 0) is 56.5 Å². The van der Waals surface area contributed by atoms with Gasteiger partial charge in [-0.2, -0.15) is 0 Å². The normalized spacial score (nSPS) is 16.2. The van der Waals surface area contributed by atoms with Gasteiger partial charge in [-0.25, -0.2) is 4.98 Å². The summed E-state index contributed by atoms with van der Waals surface area (Å²) >= 11 is 0. The largest absolute Gasteiger partial charge is 0.338 e. The van der Waals surface area contributed by atoms with Gasteiger partial charge in [0.2, 0.25) is 11.8 Å². The van der Waals surface area contributed by atoms with E-state index < -0.39 is 0 Å². The van der Waals surface area contributed by atoms with Crippen molar-refractivity contribution >= 4 is 29.2 Å². The van der Waals surface area contributed by atoms with E-state index in [9.17, 15) is 14.4 Å². The van der Waals surface area contributed by atoms with Gasteiger partial charge in [0.15, 0.2) is 0 Å². The van der Waals surface area contributed by atoms with Crippen molar-refractivity contribution in [2.45, 2.75) is 33.6 Å². The van der Waals surface area contributed by atoms with Crippen LogP contribution in [0.3, 0.4) is 0 Å². The molecule has 2 heterocycles. The number of amides is 3. The number of carbonyl (C=O) groups is 3. The summed E-state index contributed by atoms with van der Waals surface area (Å²) in [5.74, 6) is -0.199. The van der Waals surface area contributed by atoms with Gasteiger partial charge < -0.3 is 15.5 Å². The first kappa shape index (κ1) is 20.5. The number of piperidine rings is 1. The van der Waals surface area contributed by atoms with Crippen LogP contribution < -0.4 is 10.6 Å². The molecular formula is C22H26N4O3. The highest BCUT2D eigenvalue weighted by Gasteiger charge is 2.29. The molecule has 7 heteroatoms. The maximum Gasteiger partial charge on any atom is 0.253 e. The van der Waals surface area contributed by atoms with Crippen molar-refractivity contribution in [1.82, 2.24) is 9.88 Å². The number of hydrogen-bond donors (Lipinski definition) is 2. The number of rotatable bonds is 4. The molecule has 1 aliphatic heterocycles. The average molecular weight is 394 g/mol. The number of pyridine rings is 1. The quantitative estimate of drug-likeness (QED) is 0.833. The Bertz CT molecular complexity index is 941. The van der Waals surface area contributed by atoms with Gasteiger partial charge in [-0.15, -0.1) is 0 Å². The van der Waals surface area contributed by atoms with Crippen molar-refractivity contribution in [3.05, 3.63) is 53.2 Å². The fourth-order valence-electron chi connectivity index (χ4n) is 3.48. The van der Waals surface area contributed by atoms with Gasteiger partial charge in [-0.1, -0.05) is 12.1 Å². The first-order valence-electron chi connectivity index (χ1n) is 9.75. The molecule has 1 aromatic carbocycles. The second-order valence-electron chi connectivity index (χ2n) is 7.45. The lowest BCUT2D eigenvalue weighted by molar-refractivity contribution is -0.121. The van der Waals surface area contributed by atoms with Gasteiger partial charge in [-0.3, -0.25) is 14.4 Å². The van der Waals surface area contributed by atoms with Crippen LogP contribution in [0.1, 0.15) is 41.4 Å². The molecule has 2 aromatic rings. The molecule has 7 nitrogen and oxygen atoms in total. The summed E-state index contributed by atoms with van der Waals surface area (Å²) in [4.78, 5) is 43.0. The van der Waals surface area contributed by atoms with Crippen LogP contribution in [-0.4, -0.2) is 40.7 Å². The highest BCUT2D eigenvalue weighted by Crippen LogP contribution is 2.23. The van der Waals surface area contributed by atoms with Crippen molar-refractivity contribution in [2.75, 3.05) is 23.7 Å². The first-order chi connectivity index (χ1) is 13.8. The van der Waals surface area contributed by atoms with E-state index >= 15 is 0 Å². The maximum atomic E-state index is 13.0. The summed E-state index contributed by atoms with van der Waals surface area (Å²) in [7, 11) is 0. The van der Waals surface area contributed by atoms with Crippen LogP contribution in [0.15, 0.2) is 36.4 Å². The second-order valence-corrected chi connectivity index (χ2v) is 7.45. The second kappa shape index (κ2) is 8.86. The third-order valence-corrected chi connectivity index (χ3v) is 5.01. The highest BCUT2D eigenvalue weighted by molar-refractivity contribution is 5.98. The fourth-order valence-corrected chi connectivity index (χ4v) is 3.48. The van der Waals surface area contributed by atoms with Crippen LogP contribution in [0.5, 0.6) is 0 Å². The molecule has 0 aliphatic carbocycles. The molecular weight excluding hydrogens is 368 g/mol. The molecule has 152 valence electrons. The van der Waals surface area contributed by atoms with Crippen LogP contribution in [0.4, 0.5) is 11.5 Å². The van der Waals surface area contributed by atoms with Crippen LogP contribution in [0.2, 0.25) is 0 Å². The zero-order valence-corrected chi connectivity index (χ0v) is 17.0. The third kappa shape index (κ3) is 5.19. The van der Waals surface area contributed by atoms with E-state index in [0.29, 0.717) is 30.2 Å². The maximum absolute atomic E-state index is 13.0. The summed E-state index contributed by atoms with van der Waals surface area (Å²) in [6.07, 6.45) is 1.49. The molecule has 0 saturated carbocycles. The van der Waals surface area contributed by atoms with Crippen molar-refractivity contribution in [3.8, 4) is 0 Å². The smallest absolute Gasteiger partial charge is 0.253 e. The van der Waals surface area contributed by atoms with E-state index in [1.807, 2.05) is 32.0 Å². The van der Waals surface area contributed by atoms with Crippen LogP contribution >= 0.6 is 0 Å². The number of nitrogens with one attached hydrogen (secondary N) is 2. The molecule has 3 amide bonds. The molecule has 2 N–H and O–H groups in total. The number of nitrogens with zero attached hydrogens (tertiary/aromatic N) is 2. The predicted octanol–water partition coefficient (Wildman–Crippen LogP) is 3.15. The Hall–Kier alpha value is -3.22. The van der Waals surface area contributed by atoms with Crippen molar-refractivity contribution < 1.29 is 14.4 Å². The lowest BCUT2D eigenvalue weighted by Gasteiger charge is -2.32. The Balaban J connectivity index is 1.69. The molecule has 3 rings (SSSR count). The number of hydrogen-bond acceptors (Lipinski definition) is 4. The summed E-state index contributed by atoms with van der Waals surface area (Å²) in [6.45, 7) is 6.15. The Morgan fingerprint density at radius 2 is 1.90 bits per heavy atom. The van der Waals surface area contributed by atoms with E-state index in [1.165, 1.54) is 6.92 Å².